The lowest BCUT2D eigenvalue weighted by Gasteiger charge is -2.34. The molecule has 0 aliphatic carbocycles. The van der Waals surface area contributed by atoms with Crippen LogP contribution in [0.15, 0.2) is 33.9 Å². The Morgan fingerprint density at radius 2 is 2.03 bits per heavy atom. The molecular weight excluding hydrogens is 503 g/mol. The highest BCUT2D eigenvalue weighted by Gasteiger charge is 2.42. The van der Waals surface area contributed by atoms with Gasteiger partial charge in [-0.1, -0.05) is 0 Å². The Labute approximate surface area is 203 Å². The molecule has 3 aromatic rings. The van der Waals surface area contributed by atoms with Gasteiger partial charge in [-0.15, -0.1) is 10.2 Å². The van der Waals surface area contributed by atoms with Crippen LogP contribution in [-0.2, 0) is 22.2 Å². The number of hydrogen-bond donors (Lipinski definition) is 1. The smallest absolute Gasteiger partial charge is 0.253 e. The molecule has 1 atom stereocenters. The highest BCUT2D eigenvalue weighted by atomic mass is 32.2. The summed E-state index contributed by atoms with van der Waals surface area (Å²) in [5.74, 6) is -3.96. The van der Waals surface area contributed by atoms with E-state index in [0.717, 1.165) is 34.9 Å². The van der Waals surface area contributed by atoms with Crippen molar-refractivity contribution in [1.29, 1.82) is 0 Å². The highest BCUT2D eigenvalue weighted by Crippen LogP contribution is 2.35. The number of benzene rings is 1. The Hall–Kier alpha value is -4.01. The van der Waals surface area contributed by atoms with Gasteiger partial charge in [0.15, 0.2) is 24.1 Å². The summed E-state index contributed by atoms with van der Waals surface area (Å²) in [6.45, 7) is 2.85. The standard InChI is InChI=1S/C21H20F3N7O4S/c1-11-29-30-18(35-11)9-34-17-8-26-16(7-27-17)14(22)5-12-4-13(19(24)15(23)6-12)21(2)10-36(32,33)31(3)20(25)28-21/h4-8H,9-10H2,1-3H3,(H2,25,28). The summed E-state index contributed by atoms with van der Waals surface area (Å²) in [6, 6.07) is 1.86. The van der Waals surface area contributed by atoms with Gasteiger partial charge in [-0.2, -0.15) is 0 Å². The molecule has 15 heteroatoms. The number of guanidine groups is 1. The van der Waals surface area contributed by atoms with Crippen molar-refractivity contribution in [2.75, 3.05) is 12.8 Å². The van der Waals surface area contributed by atoms with Crippen LogP contribution >= 0.6 is 0 Å². The minimum absolute atomic E-state index is 0.0596. The van der Waals surface area contributed by atoms with E-state index < -0.39 is 44.3 Å². The summed E-state index contributed by atoms with van der Waals surface area (Å²) in [6.07, 6.45) is 3.14. The zero-order valence-electron chi connectivity index (χ0n) is 19.2. The predicted molar refractivity (Wildman–Crippen MR) is 121 cm³/mol. The van der Waals surface area contributed by atoms with Crippen LogP contribution in [0.1, 0.15) is 35.5 Å². The normalized spacial score (nSPS) is 19.8. The van der Waals surface area contributed by atoms with Gasteiger partial charge in [0.05, 0.1) is 18.1 Å². The fourth-order valence-corrected chi connectivity index (χ4v) is 4.89. The van der Waals surface area contributed by atoms with Crippen LogP contribution in [0.5, 0.6) is 5.88 Å². The number of halogens is 3. The van der Waals surface area contributed by atoms with E-state index in [0.29, 0.717) is 5.89 Å². The minimum atomic E-state index is -3.94. The van der Waals surface area contributed by atoms with Crippen LogP contribution in [0, 0.1) is 18.6 Å². The average Bonchev–Trinajstić information content (AvgIpc) is 3.23. The van der Waals surface area contributed by atoms with Crippen LogP contribution < -0.4 is 10.5 Å². The number of sulfonamides is 1. The van der Waals surface area contributed by atoms with E-state index in [4.69, 9.17) is 14.9 Å². The number of nitrogens with zero attached hydrogens (tertiary/aromatic N) is 6. The monoisotopic (exact) mass is 523 g/mol. The summed E-state index contributed by atoms with van der Waals surface area (Å²) < 4.78 is 80.1. The molecule has 1 aliphatic rings. The van der Waals surface area contributed by atoms with E-state index in [1.54, 1.807) is 6.92 Å². The molecule has 1 aromatic carbocycles. The summed E-state index contributed by atoms with van der Waals surface area (Å²) in [5, 5.41) is 7.42. The fraction of sp³-hybridized carbons (Fsp3) is 0.286. The molecule has 2 aromatic heterocycles. The van der Waals surface area contributed by atoms with Crippen molar-refractivity contribution in [3.05, 3.63) is 64.8 Å². The second-order valence-corrected chi connectivity index (χ2v) is 10.1. The van der Waals surface area contributed by atoms with Crippen LogP contribution in [0.25, 0.3) is 11.9 Å². The van der Waals surface area contributed by atoms with Crippen LogP contribution in [0.2, 0.25) is 0 Å². The molecule has 4 rings (SSSR count). The first-order valence-electron chi connectivity index (χ1n) is 10.3. The Kier molecular flexibility index (Phi) is 6.43. The second-order valence-electron chi connectivity index (χ2n) is 8.07. The number of aliphatic imine (C=N–C) groups is 1. The van der Waals surface area contributed by atoms with E-state index in [1.807, 2.05) is 0 Å². The average molecular weight is 523 g/mol. The predicted octanol–water partition coefficient (Wildman–Crippen LogP) is 2.30. The number of aryl methyl sites for hydroxylation is 1. The van der Waals surface area contributed by atoms with Crippen molar-refractivity contribution in [2.24, 2.45) is 10.7 Å². The van der Waals surface area contributed by atoms with Crippen molar-refractivity contribution < 1.29 is 30.7 Å². The minimum Gasteiger partial charge on any atom is -0.466 e. The Morgan fingerprint density at radius 1 is 1.28 bits per heavy atom. The number of aromatic nitrogens is 4. The third kappa shape index (κ3) is 5.00. The molecule has 0 radical (unpaired) electrons. The van der Waals surface area contributed by atoms with E-state index in [2.05, 4.69) is 25.2 Å². The third-order valence-corrected chi connectivity index (χ3v) is 7.22. The molecule has 0 saturated heterocycles. The number of ether oxygens (including phenoxy) is 1. The first-order chi connectivity index (χ1) is 16.9. The van der Waals surface area contributed by atoms with Gasteiger partial charge in [0, 0.05) is 19.5 Å². The lowest BCUT2D eigenvalue weighted by Crippen LogP contribution is -2.50. The van der Waals surface area contributed by atoms with Gasteiger partial charge in [0.25, 0.3) is 5.89 Å². The molecule has 190 valence electrons. The Morgan fingerprint density at radius 3 is 2.64 bits per heavy atom. The molecule has 3 heterocycles. The molecule has 0 bridgehead atoms. The van der Waals surface area contributed by atoms with Crippen molar-refractivity contribution in [3.8, 4) is 5.88 Å². The zero-order chi connectivity index (χ0) is 26.3. The van der Waals surface area contributed by atoms with Crippen LogP contribution in [-0.4, -0.2) is 51.6 Å². The molecule has 0 saturated carbocycles. The molecule has 0 fully saturated rings. The van der Waals surface area contributed by atoms with Gasteiger partial charge in [-0.05, 0) is 30.7 Å². The highest BCUT2D eigenvalue weighted by molar-refractivity contribution is 7.89. The molecule has 11 nitrogen and oxygen atoms in total. The van der Waals surface area contributed by atoms with Gasteiger partial charge < -0.3 is 14.9 Å². The van der Waals surface area contributed by atoms with Gasteiger partial charge >= 0.3 is 0 Å². The van der Waals surface area contributed by atoms with E-state index in [9.17, 15) is 21.6 Å². The van der Waals surface area contributed by atoms with Gasteiger partial charge in [-0.3, -0.25) is 0 Å². The Bertz CT molecular complexity index is 1480. The van der Waals surface area contributed by atoms with Gasteiger partial charge in [-0.25, -0.2) is 40.9 Å². The van der Waals surface area contributed by atoms with Crippen molar-refractivity contribution in [3.63, 3.8) is 0 Å². The van der Waals surface area contributed by atoms with E-state index in [-0.39, 0.29) is 35.6 Å². The second kappa shape index (κ2) is 9.22. The lowest BCUT2D eigenvalue weighted by molar-refractivity contribution is 0.250. The van der Waals surface area contributed by atoms with Crippen molar-refractivity contribution >= 4 is 27.9 Å². The molecule has 0 spiro atoms. The van der Waals surface area contributed by atoms with E-state index >= 15 is 0 Å². The number of hydrogen-bond acceptors (Lipinski definition) is 10. The third-order valence-electron chi connectivity index (χ3n) is 5.27. The van der Waals surface area contributed by atoms with Gasteiger partial charge in [0.2, 0.25) is 27.8 Å². The summed E-state index contributed by atoms with van der Waals surface area (Å²) in [4.78, 5) is 11.9. The van der Waals surface area contributed by atoms with Gasteiger partial charge in [0.1, 0.15) is 11.2 Å². The maximum atomic E-state index is 14.9. The molecule has 36 heavy (non-hydrogen) atoms. The Balaban J connectivity index is 1.60. The zero-order valence-corrected chi connectivity index (χ0v) is 20.1. The fourth-order valence-electron chi connectivity index (χ4n) is 3.44. The topological polar surface area (TPSA) is 150 Å². The van der Waals surface area contributed by atoms with Crippen LogP contribution in [0.3, 0.4) is 0 Å². The quantitative estimate of drug-likeness (QED) is 0.513. The molecule has 1 unspecified atom stereocenters. The van der Waals surface area contributed by atoms with Crippen molar-refractivity contribution in [2.45, 2.75) is 26.0 Å². The molecule has 1 aliphatic heterocycles. The maximum absolute atomic E-state index is 14.9. The first kappa shape index (κ1) is 25.1. The summed E-state index contributed by atoms with van der Waals surface area (Å²) in [7, 11) is -2.75. The number of rotatable bonds is 6. The van der Waals surface area contributed by atoms with Crippen LogP contribution in [0.4, 0.5) is 13.2 Å². The maximum Gasteiger partial charge on any atom is 0.253 e. The molecule has 0 amide bonds. The van der Waals surface area contributed by atoms with Crippen molar-refractivity contribution in [1.82, 2.24) is 24.5 Å². The lowest BCUT2D eigenvalue weighted by atomic mass is 9.92. The van der Waals surface area contributed by atoms with E-state index in [1.165, 1.54) is 14.0 Å². The molecule has 2 N–H and O–H groups in total. The number of nitrogens with two attached hydrogens (primary N) is 1. The SMILES string of the molecule is Cc1nnc(COc2cnc(C(F)=Cc3cc(F)c(F)c(C4(C)CS(=O)(=O)N(C)C(N)=N4)c3)cn2)o1. The first-order valence-corrected chi connectivity index (χ1v) is 11.9. The molecular formula is C21H20F3N7O4S. The summed E-state index contributed by atoms with van der Waals surface area (Å²) >= 11 is 0. The largest absolute Gasteiger partial charge is 0.466 e. The summed E-state index contributed by atoms with van der Waals surface area (Å²) in [5.41, 5.74) is 3.25.